The summed E-state index contributed by atoms with van der Waals surface area (Å²) in [4.78, 5) is 29.3. The molecule has 146 valence electrons. The van der Waals surface area contributed by atoms with Crippen molar-refractivity contribution in [2.24, 2.45) is 0 Å². The molecule has 4 rings (SSSR count). The van der Waals surface area contributed by atoms with Gasteiger partial charge in [0.1, 0.15) is 0 Å². The Hall–Kier alpha value is -3.30. The van der Waals surface area contributed by atoms with Gasteiger partial charge in [0, 0.05) is 28.5 Å². The summed E-state index contributed by atoms with van der Waals surface area (Å²) >= 11 is 7.07. The maximum absolute atomic E-state index is 12.9. The fourth-order valence-corrected chi connectivity index (χ4v) is 3.69. The van der Waals surface area contributed by atoms with Crippen LogP contribution in [-0.2, 0) is 6.54 Å². The molecule has 0 bridgehead atoms. The molecule has 7 nitrogen and oxygen atoms in total. The Labute approximate surface area is 172 Å². The summed E-state index contributed by atoms with van der Waals surface area (Å²) in [7, 11) is 0. The van der Waals surface area contributed by atoms with Gasteiger partial charge in [-0.15, -0.1) is 11.3 Å². The molecule has 3 heterocycles. The van der Waals surface area contributed by atoms with Crippen LogP contribution in [0.5, 0.6) is 0 Å². The summed E-state index contributed by atoms with van der Waals surface area (Å²) in [6, 6.07) is 9.20. The monoisotopic (exact) mass is 429 g/mol. The number of carbonyl (C=O) groups excluding carboxylic acids is 1. The predicted molar refractivity (Wildman–Crippen MR) is 110 cm³/mol. The lowest BCUT2D eigenvalue weighted by atomic mass is 10.2. The van der Waals surface area contributed by atoms with Crippen molar-refractivity contribution in [3.05, 3.63) is 80.6 Å². The largest absolute Gasteiger partial charge is 0.390 e. The van der Waals surface area contributed by atoms with Crippen LogP contribution in [0.4, 0.5) is 9.39 Å². The van der Waals surface area contributed by atoms with Crippen molar-refractivity contribution < 1.29 is 9.18 Å². The average molecular weight is 430 g/mol. The second-order valence-electron chi connectivity index (χ2n) is 6.10. The number of fused-ring (bicyclic) bond motifs is 1. The molecule has 1 aromatic carbocycles. The normalized spacial score (nSPS) is 11.0. The highest BCUT2D eigenvalue weighted by atomic mass is 35.5. The van der Waals surface area contributed by atoms with Gasteiger partial charge in [-0.2, -0.15) is 14.2 Å². The zero-order chi connectivity index (χ0) is 20.5. The van der Waals surface area contributed by atoms with Gasteiger partial charge in [0.05, 0.1) is 16.1 Å². The van der Waals surface area contributed by atoms with Crippen LogP contribution >= 0.6 is 22.9 Å². The fourth-order valence-electron chi connectivity index (χ4n) is 2.78. The summed E-state index contributed by atoms with van der Waals surface area (Å²) in [6.07, 6.45) is 1.33. The molecule has 0 saturated heterocycles. The first-order valence-electron chi connectivity index (χ1n) is 8.38. The smallest absolute Gasteiger partial charge is 0.282 e. The summed E-state index contributed by atoms with van der Waals surface area (Å²) in [5.41, 5.74) is 6.67. The summed E-state index contributed by atoms with van der Waals surface area (Å²) < 4.78 is 14.1. The number of nitrogens with two attached hydrogens (primary N) is 1. The lowest BCUT2D eigenvalue weighted by molar-refractivity contribution is 0.0946. The molecule has 0 saturated carbocycles. The molecule has 3 aromatic heterocycles. The van der Waals surface area contributed by atoms with Crippen LogP contribution in [0, 0.1) is 5.95 Å². The number of nitrogen functional groups attached to an aromatic ring is 1. The van der Waals surface area contributed by atoms with Gasteiger partial charge < -0.3 is 11.1 Å². The van der Waals surface area contributed by atoms with Crippen LogP contribution in [0.25, 0.3) is 16.5 Å². The van der Waals surface area contributed by atoms with E-state index in [0.29, 0.717) is 26.7 Å². The number of carbonyl (C=O) groups is 1. The maximum Gasteiger partial charge on any atom is 0.282 e. The number of nitrogens with one attached hydrogen (secondary N) is 1. The summed E-state index contributed by atoms with van der Waals surface area (Å²) in [6.45, 7) is 0.120. The van der Waals surface area contributed by atoms with E-state index >= 15 is 0 Å². The molecule has 0 radical (unpaired) electrons. The van der Waals surface area contributed by atoms with Crippen LogP contribution in [0.3, 0.4) is 0 Å². The number of anilines is 1. The molecular weight excluding hydrogens is 417 g/mol. The van der Waals surface area contributed by atoms with E-state index in [1.807, 2.05) is 0 Å². The highest BCUT2D eigenvalue weighted by Gasteiger charge is 2.20. The molecule has 0 fully saturated rings. The van der Waals surface area contributed by atoms with Gasteiger partial charge in [-0.3, -0.25) is 9.59 Å². The van der Waals surface area contributed by atoms with Crippen molar-refractivity contribution in [2.75, 3.05) is 5.73 Å². The quantitative estimate of drug-likeness (QED) is 0.485. The van der Waals surface area contributed by atoms with Crippen LogP contribution in [-0.4, -0.2) is 20.7 Å². The highest BCUT2D eigenvalue weighted by molar-refractivity contribution is 7.15. The van der Waals surface area contributed by atoms with Crippen molar-refractivity contribution in [3.8, 4) is 5.69 Å². The number of hydrogen-bond donors (Lipinski definition) is 2. The summed E-state index contributed by atoms with van der Waals surface area (Å²) in [5.74, 6) is -1.10. The van der Waals surface area contributed by atoms with E-state index in [9.17, 15) is 14.0 Å². The van der Waals surface area contributed by atoms with Gasteiger partial charge >= 0.3 is 0 Å². The molecule has 4 aromatic rings. The Bertz CT molecular complexity index is 1270. The number of amides is 1. The molecular formula is C19H13ClFN5O2S. The lowest BCUT2D eigenvalue weighted by Gasteiger charge is -2.10. The van der Waals surface area contributed by atoms with Gasteiger partial charge in [0.2, 0.25) is 5.95 Å². The van der Waals surface area contributed by atoms with Crippen LogP contribution in [0.2, 0.25) is 5.02 Å². The zero-order valence-corrected chi connectivity index (χ0v) is 16.3. The van der Waals surface area contributed by atoms with Crippen LogP contribution < -0.4 is 16.6 Å². The van der Waals surface area contributed by atoms with Crippen molar-refractivity contribution in [1.82, 2.24) is 20.1 Å². The number of aromatic nitrogens is 3. The first-order valence-corrected chi connectivity index (χ1v) is 9.64. The third-order valence-electron chi connectivity index (χ3n) is 4.21. The van der Waals surface area contributed by atoms with Crippen molar-refractivity contribution in [2.45, 2.75) is 6.54 Å². The second kappa shape index (κ2) is 7.61. The van der Waals surface area contributed by atoms with E-state index in [0.717, 1.165) is 16.0 Å². The molecule has 0 unspecified atom stereocenters. The molecule has 10 heteroatoms. The van der Waals surface area contributed by atoms with Crippen LogP contribution in [0.1, 0.15) is 16.1 Å². The first-order chi connectivity index (χ1) is 13.9. The van der Waals surface area contributed by atoms with Crippen molar-refractivity contribution in [3.63, 3.8) is 0 Å². The number of hydrogen-bond acceptors (Lipinski definition) is 6. The van der Waals surface area contributed by atoms with Gasteiger partial charge in [-0.05, 0) is 35.9 Å². The number of thiophene rings is 1. The number of halogens is 2. The number of pyridine rings is 1. The van der Waals surface area contributed by atoms with Crippen molar-refractivity contribution in [1.29, 1.82) is 0 Å². The van der Waals surface area contributed by atoms with Crippen LogP contribution in [0.15, 0.2) is 52.8 Å². The van der Waals surface area contributed by atoms with E-state index in [1.165, 1.54) is 18.3 Å². The standard InChI is InChI=1S/C19H13ClFN5O2S/c20-11-2-4-12(5-3-11)26-19(28)15-13(9-29-17(15)22)16(25-26)18(27)24-8-10-1-6-14(21)23-7-10/h1-7,9H,8,22H2,(H,24,27). The third-order valence-corrected chi connectivity index (χ3v) is 5.27. The molecule has 3 N–H and O–H groups in total. The Morgan fingerprint density at radius 3 is 2.69 bits per heavy atom. The Morgan fingerprint density at radius 1 is 1.24 bits per heavy atom. The third kappa shape index (κ3) is 3.69. The van der Waals surface area contributed by atoms with E-state index in [4.69, 9.17) is 17.3 Å². The Kier molecular flexibility index (Phi) is 4.99. The predicted octanol–water partition coefficient (Wildman–Crippen LogP) is 3.15. The fraction of sp³-hybridized carbons (Fsp3) is 0.0526. The lowest BCUT2D eigenvalue weighted by Crippen LogP contribution is -2.29. The molecule has 0 aliphatic heterocycles. The van der Waals surface area contributed by atoms with Gasteiger partial charge in [0.15, 0.2) is 5.69 Å². The van der Waals surface area contributed by atoms with E-state index < -0.39 is 17.4 Å². The topological polar surface area (TPSA) is 103 Å². The molecule has 29 heavy (non-hydrogen) atoms. The van der Waals surface area contributed by atoms with E-state index in [-0.39, 0.29) is 17.6 Å². The summed E-state index contributed by atoms with van der Waals surface area (Å²) in [5, 5.41) is 10.0. The molecule has 0 aliphatic carbocycles. The van der Waals surface area contributed by atoms with E-state index in [2.05, 4.69) is 15.4 Å². The number of benzene rings is 1. The number of nitrogens with zero attached hydrogens (tertiary/aromatic N) is 3. The zero-order valence-electron chi connectivity index (χ0n) is 14.7. The molecule has 0 spiro atoms. The molecule has 1 amide bonds. The number of rotatable bonds is 4. The van der Waals surface area contributed by atoms with Gasteiger partial charge in [0.25, 0.3) is 11.5 Å². The average Bonchev–Trinajstić information content (AvgIpc) is 3.11. The Balaban J connectivity index is 1.75. The van der Waals surface area contributed by atoms with Gasteiger partial charge in [-0.1, -0.05) is 17.7 Å². The minimum Gasteiger partial charge on any atom is -0.390 e. The highest BCUT2D eigenvalue weighted by Crippen LogP contribution is 2.27. The molecule has 0 atom stereocenters. The van der Waals surface area contributed by atoms with Gasteiger partial charge in [-0.25, -0.2) is 4.98 Å². The first kappa shape index (κ1) is 19.0. The minimum absolute atomic E-state index is 0.0533. The van der Waals surface area contributed by atoms with E-state index in [1.54, 1.807) is 29.6 Å². The molecule has 0 aliphatic rings. The second-order valence-corrected chi connectivity index (χ2v) is 7.45. The minimum atomic E-state index is -0.604. The Morgan fingerprint density at radius 2 is 2.00 bits per heavy atom. The van der Waals surface area contributed by atoms with Crippen molar-refractivity contribution >= 4 is 44.6 Å². The SMILES string of the molecule is Nc1scc2c(C(=O)NCc3ccc(F)nc3)nn(-c3ccc(Cl)cc3)c(=O)c12. The maximum atomic E-state index is 12.9.